The quantitative estimate of drug-likeness (QED) is 0.403. The van der Waals surface area contributed by atoms with Gasteiger partial charge in [0, 0.05) is 24.5 Å². The van der Waals surface area contributed by atoms with Gasteiger partial charge in [-0.3, -0.25) is 4.79 Å². The van der Waals surface area contributed by atoms with Gasteiger partial charge >= 0.3 is 0 Å². The van der Waals surface area contributed by atoms with Crippen LogP contribution in [0.1, 0.15) is 44.6 Å². The molecule has 0 bridgehead atoms. The van der Waals surface area contributed by atoms with Crippen molar-refractivity contribution in [3.05, 3.63) is 41.2 Å². The molecule has 6 rings (SSSR count). The molecule has 0 atom stereocenters. The maximum atomic E-state index is 12.9. The lowest BCUT2D eigenvalue weighted by Gasteiger charge is -2.24. The number of H-pyrrole nitrogens is 1. The summed E-state index contributed by atoms with van der Waals surface area (Å²) in [6.07, 6.45) is 10.4. The summed E-state index contributed by atoms with van der Waals surface area (Å²) in [5.41, 5.74) is 3.07. The summed E-state index contributed by atoms with van der Waals surface area (Å²) < 4.78 is 2.33. The van der Waals surface area contributed by atoms with Crippen LogP contribution in [-0.2, 0) is 0 Å². The third kappa shape index (κ3) is 3.45. The van der Waals surface area contributed by atoms with Crippen molar-refractivity contribution >= 4 is 38.3 Å². The van der Waals surface area contributed by atoms with Crippen LogP contribution >= 0.6 is 11.3 Å². The summed E-state index contributed by atoms with van der Waals surface area (Å²) in [4.78, 5) is 27.9. The second kappa shape index (κ2) is 8.48. The van der Waals surface area contributed by atoms with Gasteiger partial charge < -0.3 is 24.7 Å². The Labute approximate surface area is 200 Å². The number of thiophene rings is 1. The second-order valence-corrected chi connectivity index (χ2v) is 10.8. The smallest absolute Gasteiger partial charge is 0.261 e. The molecule has 1 aliphatic heterocycles. The van der Waals surface area contributed by atoms with E-state index >= 15 is 0 Å². The van der Waals surface area contributed by atoms with E-state index in [2.05, 4.69) is 37.6 Å². The van der Waals surface area contributed by atoms with Crippen LogP contribution in [0.4, 0.5) is 5.00 Å². The third-order valence-electron chi connectivity index (χ3n) is 7.68. The van der Waals surface area contributed by atoms with Crippen molar-refractivity contribution in [2.75, 3.05) is 31.2 Å². The Hall–Kier alpha value is -2.75. The van der Waals surface area contributed by atoms with Gasteiger partial charge in [0.1, 0.15) is 10.4 Å². The molecule has 34 heavy (non-hydrogen) atoms. The molecule has 3 aromatic heterocycles. The number of hydrogen-bond donors (Lipinski definition) is 3. The Bertz CT molecular complexity index is 1400. The number of fused-ring (bicyclic) bond motifs is 2. The van der Waals surface area contributed by atoms with E-state index < -0.39 is 5.41 Å². The number of nitrogens with zero attached hydrogens (tertiary/aromatic N) is 4. The fraction of sp³-hybridized carbons (Fsp3) is 0.480. The first-order valence-corrected chi connectivity index (χ1v) is 12.9. The summed E-state index contributed by atoms with van der Waals surface area (Å²) in [6.45, 7) is 1.03. The van der Waals surface area contributed by atoms with Crippen LogP contribution in [0, 0.1) is 5.41 Å². The molecule has 2 fully saturated rings. The molecule has 8 nitrogen and oxygen atoms in total. The van der Waals surface area contributed by atoms with Crippen LogP contribution in [0.25, 0.3) is 32.4 Å². The normalized spacial score (nSPS) is 18.9. The van der Waals surface area contributed by atoms with E-state index in [0.717, 1.165) is 26.5 Å². The van der Waals surface area contributed by atoms with Gasteiger partial charge in [-0.2, -0.15) is 0 Å². The van der Waals surface area contributed by atoms with E-state index in [0.29, 0.717) is 36.5 Å². The number of aromatic amines is 1. The molecule has 1 saturated carbocycles. The molecular formula is C25H29N5O3S. The molecule has 0 unspecified atom stereocenters. The summed E-state index contributed by atoms with van der Waals surface area (Å²) in [6, 6.07) is 6.87. The molecule has 1 saturated heterocycles. The van der Waals surface area contributed by atoms with E-state index in [1.165, 1.54) is 38.4 Å². The Kier molecular flexibility index (Phi) is 5.43. The molecule has 0 spiro atoms. The third-order valence-corrected chi connectivity index (χ3v) is 8.97. The number of hydrogen-bond acceptors (Lipinski definition) is 7. The monoisotopic (exact) mass is 479 g/mol. The first kappa shape index (κ1) is 21.8. The zero-order valence-electron chi connectivity index (χ0n) is 19.0. The van der Waals surface area contributed by atoms with Crippen molar-refractivity contribution in [3.63, 3.8) is 0 Å². The van der Waals surface area contributed by atoms with Crippen molar-refractivity contribution in [3.8, 4) is 10.4 Å². The predicted octanol–water partition coefficient (Wildman–Crippen LogP) is 3.69. The van der Waals surface area contributed by atoms with Gasteiger partial charge in [-0.05, 0) is 37.0 Å². The molecule has 1 aliphatic carbocycles. The number of rotatable bonds is 5. The van der Waals surface area contributed by atoms with Gasteiger partial charge in [-0.1, -0.05) is 25.3 Å². The number of aromatic nitrogens is 4. The van der Waals surface area contributed by atoms with Crippen molar-refractivity contribution in [1.82, 2.24) is 19.5 Å². The molecular weight excluding hydrogens is 450 g/mol. The summed E-state index contributed by atoms with van der Waals surface area (Å²) >= 11 is 1.55. The average Bonchev–Trinajstić information content (AvgIpc) is 3.60. The highest BCUT2D eigenvalue weighted by Crippen LogP contribution is 2.45. The lowest BCUT2D eigenvalue weighted by molar-refractivity contribution is 0.0728. The largest absolute Gasteiger partial charge is 0.396 e. The van der Waals surface area contributed by atoms with Gasteiger partial charge in [-0.25, -0.2) is 9.97 Å². The van der Waals surface area contributed by atoms with E-state index in [-0.39, 0.29) is 18.8 Å². The molecule has 0 amide bonds. The molecule has 9 heteroatoms. The second-order valence-electron chi connectivity index (χ2n) is 9.83. The number of benzene rings is 1. The van der Waals surface area contributed by atoms with E-state index in [1.54, 1.807) is 11.3 Å². The van der Waals surface area contributed by atoms with Gasteiger partial charge in [0.05, 0.1) is 47.3 Å². The minimum Gasteiger partial charge on any atom is -0.396 e. The van der Waals surface area contributed by atoms with Crippen molar-refractivity contribution in [2.45, 2.75) is 44.6 Å². The molecule has 4 heterocycles. The zero-order chi connectivity index (χ0) is 23.3. The lowest BCUT2D eigenvalue weighted by Crippen LogP contribution is -2.33. The SMILES string of the molecule is O=c1[nH]cnc2c(-c3ccc4c(c3)ncn4C3CCCCC3)sc(N3CCC(CO)(CO)C3)c12. The van der Waals surface area contributed by atoms with Crippen molar-refractivity contribution in [1.29, 1.82) is 0 Å². The predicted molar refractivity (Wildman–Crippen MR) is 135 cm³/mol. The van der Waals surface area contributed by atoms with Crippen LogP contribution in [0.15, 0.2) is 35.6 Å². The molecule has 0 radical (unpaired) electrons. The Balaban J connectivity index is 1.43. The molecule has 1 aromatic carbocycles. The molecule has 178 valence electrons. The van der Waals surface area contributed by atoms with E-state index in [1.807, 2.05) is 6.33 Å². The Morgan fingerprint density at radius 3 is 2.74 bits per heavy atom. The molecule has 2 aliphatic rings. The maximum Gasteiger partial charge on any atom is 0.261 e. The fourth-order valence-electron chi connectivity index (χ4n) is 5.62. The lowest BCUT2D eigenvalue weighted by atomic mass is 9.89. The summed E-state index contributed by atoms with van der Waals surface area (Å²) in [5, 5.41) is 21.1. The average molecular weight is 480 g/mol. The zero-order valence-corrected chi connectivity index (χ0v) is 19.9. The van der Waals surface area contributed by atoms with Crippen LogP contribution in [0.5, 0.6) is 0 Å². The van der Waals surface area contributed by atoms with Gasteiger partial charge in [0.2, 0.25) is 0 Å². The highest BCUT2D eigenvalue weighted by molar-refractivity contribution is 7.21. The number of imidazole rings is 1. The fourth-order valence-corrected chi connectivity index (χ4v) is 6.89. The van der Waals surface area contributed by atoms with Crippen LogP contribution < -0.4 is 10.5 Å². The Morgan fingerprint density at radius 2 is 1.97 bits per heavy atom. The highest BCUT2D eigenvalue weighted by atomic mass is 32.1. The maximum absolute atomic E-state index is 12.9. The molecule has 4 aromatic rings. The van der Waals surface area contributed by atoms with Gasteiger partial charge in [0.15, 0.2) is 0 Å². The number of anilines is 1. The van der Waals surface area contributed by atoms with Crippen LogP contribution in [0.2, 0.25) is 0 Å². The van der Waals surface area contributed by atoms with Crippen LogP contribution in [0.3, 0.4) is 0 Å². The summed E-state index contributed by atoms with van der Waals surface area (Å²) in [5.74, 6) is 0. The topological polar surface area (TPSA) is 107 Å². The Morgan fingerprint density at radius 1 is 1.15 bits per heavy atom. The van der Waals surface area contributed by atoms with Crippen molar-refractivity contribution in [2.24, 2.45) is 5.41 Å². The minimum atomic E-state index is -0.545. The first-order chi connectivity index (χ1) is 16.6. The van der Waals surface area contributed by atoms with E-state index in [9.17, 15) is 15.0 Å². The summed E-state index contributed by atoms with van der Waals surface area (Å²) in [7, 11) is 0. The number of nitrogens with one attached hydrogen (secondary N) is 1. The highest BCUT2D eigenvalue weighted by Gasteiger charge is 2.39. The number of aliphatic hydroxyl groups excluding tert-OH is 2. The standard InChI is InChI=1S/C25H29N5O3S/c31-12-25(13-32)8-9-29(11-25)24-20-21(26-14-27-23(20)33)22(34-24)16-6-7-19-18(10-16)28-15-30(19)17-4-2-1-3-5-17/h6-7,10,14-15,17,31-32H,1-5,8-9,11-13H2,(H,26,27,33). The van der Waals surface area contributed by atoms with E-state index in [4.69, 9.17) is 4.98 Å². The van der Waals surface area contributed by atoms with Gasteiger partial charge in [0.25, 0.3) is 5.56 Å². The number of aliphatic hydroxyl groups is 2. The molecule has 3 N–H and O–H groups in total. The van der Waals surface area contributed by atoms with Crippen molar-refractivity contribution < 1.29 is 10.2 Å². The van der Waals surface area contributed by atoms with Crippen LogP contribution in [-0.4, -0.2) is 56.0 Å². The first-order valence-electron chi connectivity index (χ1n) is 12.1. The minimum absolute atomic E-state index is 0.0783. The van der Waals surface area contributed by atoms with Gasteiger partial charge in [-0.15, -0.1) is 11.3 Å².